The fourth-order valence-corrected chi connectivity index (χ4v) is 2.06. The molecule has 88 valence electrons. The number of fused-ring (bicyclic) bond motifs is 1. The minimum absolute atomic E-state index is 0.604. The first-order chi connectivity index (χ1) is 8.81. The van der Waals surface area contributed by atoms with Crippen molar-refractivity contribution >= 4 is 38.5 Å². The van der Waals surface area contributed by atoms with Gasteiger partial charge in [0.25, 0.3) is 0 Å². The number of hydrogen-bond donors (Lipinski definition) is 1. The van der Waals surface area contributed by atoms with Crippen molar-refractivity contribution in [2.75, 3.05) is 5.32 Å². The Balaban J connectivity index is 1.98. The Bertz CT molecular complexity index is 683. The molecule has 1 aromatic heterocycles. The second-order valence-corrected chi connectivity index (χ2v) is 4.80. The molecule has 18 heavy (non-hydrogen) atoms. The van der Waals surface area contributed by atoms with E-state index >= 15 is 0 Å². The molecule has 0 radical (unpaired) electrons. The van der Waals surface area contributed by atoms with Gasteiger partial charge < -0.3 is 5.32 Å². The van der Waals surface area contributed by atoms with Crippen LogP contribution in [-0.2, 0) is 0 Å². The van der Waals surface area contributed by atoms with Crippen molar-refractivity contribution in [2.24, 2.45) is 0 Å². The van der Waals surface area contributed by atoms with Crippen molar-refractivity contribution < 1.29 is 0 Å². The van der Waals surface area contributed by atoms with E-state index in [0.717, 1.165) is 21.1 Å². The van der Waals surface area contributed by atoms with E-state index in [1.807, 2.05) is 54.7 Å². The number of nitrogens with one attached hydrogen (secondary N) is 1. The lowest BCUT2D eigenvalue weighted by molar-refractivity contribution is 1.21. The molecule has 0 aliphatic carbocycles. The zero-order chi connectivity index (χ0) is 12.4. The van der Waals surface area contributed by atoms with E-state index in [1.54, 1.807) is 0 Å². The maximum absolute atomic E-state index is 4.48. The predicted octanol–water partition coefficient (Wildman–Crippen LogP) is 4.14. The van der Waals surface area contributed by atoms with Crippen molar-refractivity contribution in [3.8, 4) is 0 Å². The molecule has 1 heterocycles. The monoisotopic (exact) mass is 299 g/mol. The van der Waals surface area contributed by atoms with Gasteiger partial charge in [-0.3, -0.25) is 0 Å². The number of para-hydroxylation sites is 1. The Labute approximate surface area is 113 Å². The van der Waals surface area contributed by atoms with Gasteiger partial charge in [0.15, 0.2) is 0 Å². The van der Waals surface area contributed by atoms with E-state index in [2.05, 4.69) is 31.2 Å². The standard InChI is InChI=1S/C14H10BrN3/c15-11-7-6-10-9-16-14(18-13(10)8-11)17-12-4-2-1-3-5-12/h1-9H,(H,16,17,18). The van der Waals surface area contributed by atoms with Crippen molar-refractivity contribution in [2.45, 2.75) is 0 Å². The highest BCUT2D eigenvalue weighted by atomic mass is 79.9. The third kappa shape index (κ3) is 2.33. The first-order valence-electron chi connectivity index (χ1n) is 5.56. The molecule has 1 N–H and O–H groups in total. The third-order valence-corrected chi connectivity index (χ3v) is 3.07. The molecular formula is C14H10BrN3. The van der Waals surface area contributed by atoms with Gasteiger partial charge in [-0.15, -0.1) is 0 Å². The molecular weight excluding hydrogens is 290 g/mol. The fraction of sp³-hybridized carbons (Fsp3) is 0. The average Bonchev–Trinajstić information content (AvgIpc) is 2.39. The number of aromatic nitrogens is 2. The maximum atomic E-state index is 4.48. The Hall–Kier alpha value is -1.94. The van der Waals surface area contributed by atoms with Gasteiger partial charge in [0, 0.05) is 21.7 Å². The molecule has 3 nitrogen and oxygen atoms in total. The van der Waals surface area contributed by atoms with Gasteiger partial charge in [-0.1, -0.05) is 40.2 Å². The molecule has 3 aromatic rings. The number of anilines is 2. The molecule has 0 spiro atoms. The van der Waals surface area contributed by atoms with Crippen molar-refractivity contribution in [3.63, 3.8) is 0 Å². The smallest absolute Gasteiger partial charge is 0.227 e. The quantitative estimate of drug-likeness (QED) is 0.773. The highest BCUT2D eigenvalue weighted by Gasteiger charge is 2.00. The molecule has 4 heteroatoms. The summed E-state index contributed by atoms with van der Waals surface area (Å²) in [6, 6.07) is 15.8. The minimum Gasteiger partial charge on any atom is -0.324 e. The lowest BCUT2D eigenvalue weighted by Crippen LogP contribution is -1.96. The van der Waals surface area contributed by atoms with Crippen LogP contribution in [0.3, 0.4) is 0 Å². The minimum atomic E-state index is 0.604. The highest BCUT2D eigenvalue weighted by Crippen LogP contribution is 2.19. The lowest BCUT2D eigenvalue weighted by atomic mass is 10.2. The summed E-state index contributed by atoms with van der Waals surface area (Å²) in [6.07, 6.45) is 1.82. The number of rotatable bonds is 2. The summed E-state index contributed by atoms with van der Waals surface area (Å²) in [5, 5.41) is 4.20. The van der Waals surface area contributed by atoms with E-state index in [4.69, 9.17) is 0 Å². The van der Waals surface area contributed by atoms with E-state index in [1.165, 1.54) is 0 Å². The second-order valence-electron chi connectivity index (χ2n) is 3.89. The summed E-state index contributed by atoms with van der Waals surface area (Å²) in [5.41, 5.74) is 1.89. The molecule has 0 aliphatic rings. The van der Waals surface area contributed by atoms with Gasteiger partial charge in [-0.05, 0) is 24.3 Å². The summed E-state index contributed by atoms with van der Waals surface area (Å²) in [6.45, 7) is 0. The average molecular weight is 300 g/mol. The normalized spacial score (nSPS) is 10.5. The molecule has 0 fully saturated rings. The summed E-state index contributed by atoms with van der Waals surface area (Å²) in [7, 11) is 0. The molecule has 2 aromatic carbocycles. The van der Waals surface area contributed by atoms with Gasteiger partial charge in [-0.2, -0.15) is 0 Å². The van der Waals surface area contributed by atoms with Crippen LogP contribution in [0, 0.1) is 0 Å². The molecule has 0 amide bonds. The van der Waals surface area contributed by atoms with Crippen molar-refractivity contribution in [1.29, 1.82) is 0 Å². The second kappa shape index (κ2) is 4.74. The highest BCUT2D eigenvalue weighted by molar-refractivity contribution is 9.10. The molecule has 0 aliphatic heterocycles. The van der Waals surface area contributed by atoms with E-state index in [0.29, 0.717) is 5.95 Å². The SMILES string of the molecule is Brc1ccc2cnc(Nc3ccccc3)nc2c1. The Morgan fingerprint density at radius 3 is 2.67 bits per heavy atom. The van der Waals surface area contributed by atoms with Crippen LogP contribution in [0.1, 0.15) is 0 Å². The molecule has 0 bridgehead atoms. The first-order valence-corrected chi connectivity index (χ1v) is 6.35. The molecule has 0 atom stereocenters. The summed E-state index contributed by atoms with van der Waals surface area (Å²) >= 11 is 3.44. The van der Waals surface area contributed by atoms with Crippen LogP contribution in [0.2, 0.25) is 0 Å². The first kappa shape index (κ1) is 11.2. The lowest BCUT2D eigenvalue weighted by Gasteiger charge is -2.05. The predicted molar refractivity (Wildman–Crippen MR) is 77.0 cm³/mol. The van der Waals surface area contributed by atoms with Crippen LogP contribution in [0.4, 0.5) is 11.6 Å². The fourth-order valence-electron chi connectivity index (χ4n) is 1.71. The van der Waals surface area contributed by atoms with Gasteiger partial charge >= 0.3 is 0 Å². The van der Waals surface area contributed by atoms with Gasteiger partial charge in [0.1, 0.15) is 0 Å². The molecule has 3 rings (SSSR count). The maximum Gasteiger partial charge on any atom is 0.227 e. The molecule has 0 saturated carbocycles. The molecule has 0 saturated heterocycles. The topological polar surface area (TPSA) is 37.8 Å². The number of halogens is 1. The molecule has 0 unspecified atom stereocenters. The van der Waals surface area contributed by atoms with Crippen LogP contribution in [0.15, 0.2) is 59.2 Å². The van der Waals surface area contributed by atoms with Crippen LogP contribution >= 0.6 is 15.9 Å². The summed E-state index contributed by atoms with van der Waals surface area (Å²) < 4.78 is 1.01. The van der Waals surface area contributed by atoms with Crippen molar-refractivity contribution in [3.05, 3.63) is 59.2 Å². The van der Waals surface area contributed by atoms with Gasteiger partial charge in [0.05, 0.1) is 5.52 Å². The van der Waals surface area contributed by atoms with Crippen LogP contribution in [0.5, 0.6) is 0 Å². The van der Waals surface area contributed by atoms with Gasteiger partial charge in [0.2, 0.25) is 5.95 Å². The van der Waals surface area contributed by atoms with Crippen molar-refractivity contribution in [1.82, 2.24) is 9.97 Å². The zero-order valence-electron chi connectivity index (χ0n) is 9.47. The number of nitrogens with zero attached hydrogens (tertiary/aromatic N) is 2. The largest absolute Gasteiger partial charge is 0.324 e. The summed E-state index contributed by atoms with van der Waals surface area (Å²) in [4.78, 5) is 8.77. The summed E-state index contributed by atoms with van der Waals surface area (Å²) in [5.74, 6) is 0.604. The van der Waals surface area contributed by atoms with E-state index in [-0.39, 0.29) is 0 Å². The third-order valence-electron chi connectivity index (χ3n) is 2.57. The zero-order valence-corrected chi connectivity index (χ0v) is 11.1. The van der Waals surface area contributed by atoms with E-state index < -0.39 is 0 Å². The van der Waals surface area contributed by atoms with Crippen LogP contribution in [0.25, 0.3) is 10.9 Å². The van der Waals surface area contributed by atoms with Crippen LogP contribution < -0.4 is 5.32 Å². The van der Waals surface area contributed by atoms with Crippen LogP contribution in [-0.4, -0.2) is 9.97 Å². The van der Waals surface area contributed by atoms with E-state index in [9.17, 15) is 0 Å². The van der Waals surface area contributed by atoms with Gasteiger partial charge in [-0.25, -0.2) is 9.97 Å². The number of benzene rings is 2. The Morgan fingerprint density at radius 1 is 1.00 bits per heavy atom. The Kier molecular flexibility index (Phi) is 2.94. The Morgan fingerprint density at radius 2 is 1.83 bits per heavy atom. The number of hydrogen-bond acceptors (Lipinski definition) is 3.